The predicted molar refractivity (Wildman–Crippen MR) is 61.9 cm³/mol. The lowest BCUT2D eigenvalue weighted by atomic mass is 10.2. The Kier molecular flexibility index (Phi) is 6.79. The van der Waals surface area contributed by atoms with Crippen molar-refractivity contribution in [1.29, 1.82) is 0 Å². The van der Waals surface area contributed by atoms with Gasteiger partial charge in [0.1, 0.15) is 5.60 Å². The molecule has 0 atom stereocenters. The van der Waals surface area contributed by atoms with Crippen molar-refractivity contribution in [2.75, 3.05) is 20.1 Å². The van der Waals surface area contributed by atoms with Crippen molar-refractivity contribution >= 4 is 6.09 Å². The van der Waals surface area contributed by atoms with E-state index in [1.807, 2.05) is 20.8 Å². The normalized spacial score (nSPS) is 14.9. The fraction of sp³-hybridized carbons (Fsp3) is 0.727. The van der Waals surface area contributed by atoms with E-state index >= 15 is 0 Å². The largest absolute Gasteiger partial charge is 0.444 e. The summed E-state index contributed by atoms with van der Waals surface area (Å²) in [6, 6.07) is 0. The number of hydrogen-bond donors (Lipinski definition) is 2. The van der Waals surface area contributed by atoms with Gasteiger partial charge in [-0.3, -0.25) is 0 Å². The molecule has 0 aliphatic carbocycles. The molecular formula is C11H22N2O2. The van der Waals surface area contributed by atoms with Crippen LogP contribution < -0.4 is 10.6 Å². The minimum Gasteiger partial charge on any atom is -0.444 e. The summed E-state index contributed by atoms with van der Waals surface area (Å²) in [5.74, 6) is 0. The lowest BCUT2D eigenvalue weighted by Crippen LogP contribution is -2.30. The van der Waals surface area contributed by atoms with E-state index in [1.165, 1.54) is 13.5 Å². The maximum atomic E-state index is 10.5. The van der Waals surface area contributed by atoms with Gasteiger partial charge < -0.3 is 15.4 Å². The van der Waals surface area contributed by atoms with Crippen LogP contribution in [0.1, 0.15) is 27.2 Å². The van der Waals surface area contributed by atoms with Crippen LogP contribution in [-0.4, -0.2) is 31.8 Å². The zero-order valence-corrected chi connectivity index (χ0v) is 10.1. The molecule has 15 heavy (non-hydrogen) atoms. The van der Waals surface area contributed by atoms with Gasteiger partial charge in [0.25, 0.3) is 0 Å². The molecule has 0 bridgehead atoms. The van der Waals surface area contributed by atoms with Crippen LogP contribution in [0.5, 0.6) is 0 Å². The van der Waals surface area contributed by atoms with E-state index in [4.69, 9.17) is 4.74 Å². The number of amides is 1. The van der Waals surface area contributed by atoms with Crippen LogP contribution in [0.2, 0.25) is 0 Å². The second-order valence-corrected chi connectivity index (χ2v) is 4.22. The quantitative estimate of drug-likeness (QED) is 0.603. The van der Waals surface area contributed by atoms with Gasteiger partial charge in [-0.1, -0.05) is 12.2 Å². The molecule has 4 nitrogen and oxygen atoms in total. The third kappa shape index (κ3) is 10.9. The van der Waals surface area contributed by atoms with Crippen molar-refractivity contribution in [3.8, 4) is 0 Å². The maximum Gasteiger partial charge on any atom is 0.407 e. The Hall–Kier alpha value is -1.03. The summed E-state index contributed by atoms with van der Waals surface area (Å²) < 4.78 is 4.84. The van der Waals surface area contributed by atoms with E-state index in [0.717, 1.165) is 13.1 Å². The van der Waals surface area contributed by atoms with Crippen molar-refractivity contribution in [2.45, 2.75) is 32.8 Å². The first-order chi connectivity index (χ1) is 6.95. The molecule has 0 saturated heterocycles. The summed E-state index contributed by atoms with van der Waals surface area (Å²) in [6.07, 6.45) is 5.18. The van der Waals surface area contributed by atoms with Gasteiger partial charge in [0, 0.05) is 13.6 Å². The first-order valence-corrected chi connectivity index (χ1v) is 5.22. The van der Waals surface area contributed by atoms with Gasteiger partial charge >= 0.3 is 6.09 Å². The Morgan fingerprint density at radius 3 is 2.20 bits per heavy atom. The highest BCUT2D eigenvalue weighted by Gasteiger charge is 2.13. The van der Waals surface area contributed by atoms with Crippen LogP contribution in [0.15, 0.2) is 12.2 Å². The van der Waals surface area contributed by atoms with Crippen molar-refractivity contribution in [2.24, 2.45) is 0 Å². The highest BCUT2D eigenvalue weighted by molar-refractivity contribution is 5.67. The molecule has 0 unspecified atom stereocenters. The van der Waals surface area contributed by atoms with Gasteiger partial charge in [-0.25, -0.2) is 4.79 Å². The number of rotatable bonds is 0. The minimum absolute atomic E-state index is 0.387. The van der Waals surface area contributed by atoms with Crippen LogP contribution in [0.25, 0.3) is 0 Å². The molecule has 88 valence electrons. The highest BCUT2D eigenvalue weighted by Crippen LogP contribution is 2.05. The molecule has 0 spiro atoms. The van der Waals surface area contributed by atoms with Crippen LogP contribution in [0, 0.1) is 0 Å². The zero-order chi connectivity index (χ0) is 11.7. The van der Waals surface area contributed by atoms with Crippen LogP contribution >= 0.6 is 0 Å². The molecule has 2 N–H and O–H groups in total. The molecule has 1 heterocycles. The second kappa shape index (κ2) is 7.29. The summed E-state index contributed by atoms with van der Waals surface area (Å²) in [7, 11) is 1.54. The Balaban J connectivity index is 0.000000280. The number of carbonyl (C=O) groups is 1. The second-order valence-electron chi connectivity index (χ2n) is 4.22. The summed E-state index contributed by atoms with van der Waals surface area (Å²) >= 11 is 0. The number of nitrogens with one attached hydrogen (secondary N) is 2. The van der Waals surface area contributed by atoms with Crippen molar-refractivity contribution in [3.63, 3.8) is 0 Å². The van der Waals surface area contributed by atoms with E-state index < -0.39 is 0 Å². The van der Waals surface area contributed by atoms with Crippen molar-refractivity contribution in [1.82, 2.24) is 10.6 Å². The minimum atomic E-state index is -0.389. The average molecular weight is 214 g/mol. The molecule has 1 aliphatic heterocycles. The van der Waals surface area contributed by atoms with Gasteiger partial charge in [0.15, 0.2) is 0 Å². The summed E-state index contributed by atoms with van der Waals surface area (Å²) in [5, 5.41) is 5.56. The smallest absolute Gasteiger partial charge is 0.407 e. The van der Waals surface area contributed by atoms with Gasteiger partial charge in [0.2, 0.25) is 0 Å². The third-order valence-corrected chi connectivity index (χ3v) is 1.52. The summed E-state index contributed by atoms with van der Waals surface area (Å²) in [5.41, 5.74) is -0.389. The molecule has 0 radical (unpaired) electrons. The van der Waals surface area contributed by atoms with Gasteiger partial charge in [-0.05, 0) is 33.7 Å². The van der Waals surface area contributed by atoms with Crippen LogP contribution in [0.4, 0.5) is 4.79 Å². The average Bonchev–Trinajstić information content (AvgIpc) is 2.19. The van der Waals surface area contributed by atoms with E-state index in [2.05, 4.69) is 22.8 Å². The molecule has 0 aromatic carbocycles. The Morgan fingerprint density at radius 1 is 1.40 bits per heavy atom. The molecule has 1 aliphatic rings. The molecule has 4 heteroatoms. The van der Waals surface area contributed by atoms with E-state index in [-0.39, 0.29) is 11.7 Å². The lowest BCUT2D eigenvalue weighted by molar-refractivity contribution is 0.0541. The SMILES string of the molecule is C1=CCNCC1.CNC(=O)OC(C)(C)C. The Bertz CT molecular complexity index is 199. The van der Waals surface area contributed by atoms with Crippen LogP contribution in [0.3, 0.4) is 0 Å². The zero-order valence-electron chi connectivity index (χ0n) is 10.1. The fourth-order valence-corrected chi connectivity index (χ4v) is 0.901. The van der Waals surface area contributed by atoms with Crippen molar-refractivity contribution < 1.29 is 9.53 Å². The first-order valence-electron chi connectivity index (χ1n) is 5.22. The maximum absolute atomic E-state index is 10.5. The van der Waals surface area contributed by atoms with Gasteiger partial charge in [-0.15, -0.1) is 0 Å². The topological polar surface area (TPSA) is 50.4 Å². The number of ether oxygens (including phenoxy) is 1. The summed E-state index contributed by atoms with van der Waals surface area (Å²) in [4.78, 5) is 10.5. The van der Waals surface area contributed by atoms with Crippen molar-refractivity contribution in [3.05, 3.63) is 12.2 Å². The third-order valence-electron chi connectivity index (χ3n) is 1.52. The molecule has 1 amide bonds. The number of hydrogen-bond acceptors (Lipinski definition) is 3. The monoisotopic (exact) mass is 214 g/mol. The van der Waals surface area contributed by atoms with Gasteiger partial charge in [0.05, 0.1) is 0 Å². The number of carbonyl (C=O) groups excluding carboxylic acids is 1. The van der Waals surface area contributed by atoms with E-state index in [0.29, 0.717) is 0 Å². The lowest BCUT2D eigenvalue weighted by Gasteiger charge is -2.18. The molecule has 0 aromatic heterocycles. The number of alkyl carbamates (subject to hydrolysis) is 1. The highest BCUT2D eigenvalue weighted by atomic mass is 16.6. The summed E-state index contributed by atoms with van der Waals surface area (Å²) in [6.45, 7) is 7.70. The standard InChI is InChI=1S/C6H13NO2.C5H9N/c1-6(2,3)9-5(8)7-4;1-2-4-6-5-3-1/h1-4H3,(H,7,8);1-2,6H,3-5H2. The van der Waals surface area contributed by atoms with E-state index in [1.54, 1.807) is 0 Å². The Labute approximate surface area is 92.1 Å². The predicted octanol–water partition coefficient (Wildman–Crippen LogP) is 1.68. The Morgan fingerprint density at radius 2 is 2.07 bits per heavy atom. The molecule has 0 fully saturated rings. The first kappa shape index (κ1) is 14.0. The molecule has 1 rings (SSSR count). The van der Waals surface area contributed by atoms with E-state index in [9.17, 15) is 4.79 Å². The molecule has 0 saturated carbocycles. The van der Waals surface area contributed by atoms with Gasteiger partial charge in [-0.2, -0.15) is 0 Å². The molecular weight excluding hydrogens is 192 g/mol. The van der Waals surface area contributed by atoms with Crippen LogP contribution in [-0.2, 0) is 4.74 Å². The fourth-order valence-electron chi connectivity index (χ4n) is 0.901. The molecule has 0 aromatic rings.